The number of rotatable bonds is 2. The monoisotopic (exact) mass is 184 g/mol. The van der Waals surface area contributed by atoms with Crippen LogP contribution in [0, 0.1) is 0 Å². The first-order chi connectivity index (χ1) is 5.90. The molecule has 64 valence electrons. The molecule has 1 saturated heterocycles. The molecule has 4 nitrogen and oxygen atoms in total. The highest BCUT2D eigenvalue weighted by Crippen LogP contribution is 2.31. The van der Waals surface area contributed by atoms with Crippen LogP contribution in [0.2, 0.25) is 0 Å². The molecule has 0 aromatic carbocycles. The van der Waals surface area contributed by atoms with Crippen molar-refractivity contribution in [2.24, 2.45) is 0 Å². The number of nitrogens with zero attached hydrogens (tertiary/aromatic N) is 2. The van der Waals surface area contributed by atoms with Gasteiger partial charge in [-0.15, -0.1) is 10.2 Å². The van der Waals surface area contributed by atoms with Crippen molar-refractivity contribution < 1.29 is 9.21 Å². The van der Waals surface area contributed by atoms with Crippen LogP contribution in [0.5, 0.6) is 0 Å². The lowest BCUT2D eigenvalue weighted by atomic mass is 10.1. The summed E-state index contributed by atoms with van der Waals surface area (Å²) in [5.41, 5.74) is 0. The molecule has 1 aromatic rings. The molecule has 1 aliphatic heterocycles. The lowest BCUT2D eigenvalue weighted by molar-refractivity contribution is 0.109. The molecule has 0 spiro atoms. The number of carbonyl (C=O) groups excluding carboxylic acids is 1. The van der Waals surface area contributed by atoms with Crippen LogP contribution in [0.15, 0.2) is 4.42 Å². The second kappa shape index (κ2) is 3.26. The molecule has 12 heavy (non-hydrogen) atoms. The number of carbonyl (C=O) groups is 1. The first-order valence-corrected chi connectivity index (χ1v) is 4.92. The Balaban J connectivity index is 2.16. The zero-order valence-electron chi connectivity index (χ0n) is 6.40. The van der Waals surface area contributed by atoms with Crippen LogP contribution in [0.3, 0.4) is 0 Å². The van der Waals surface area contributed by atoms with Crippen LogP contribution in [0.25, 0.3) is 0 Å². The fraction of sp³-hybridized carbons (Fsp3) is 0.571. The third-order valence-corrected chi connectivity index (χ3v) is 3.00. The Kier molecular flexibility index (Phi) is 2.12. The third kappa shape index (κ3) is 1.36. The van der Waals surface area contributed by atoms with Crippen molar-refractivity contribution in [3.63, 3.8) is 0 Å². The van der Waals surface area contributed by atoms with Crippen LogP contribution in [-0.2, 0) is 0 Å². The van der Waals surface area contributed by atoms with E-state index in [2.05, 4.69) is 10.2 Å². The van der Waals surface area contributed by atoms with E-state index >= 15 is 0 Å². The molecule has 5 heteroatoms. The van der Waals surface area contributed by atoms with Crippen LogP contribution in [-0.4, -0.2) is 28.0 Å². The molecule has 0 N–H and O–H groups in total. The van der Waals surface area contributed by atoms with E-state index in [0.29, 0.717) is 18.1 Å². The van der Waals surface area contributed by atoms with Gasteiger partial charge in [-0.3, -0.25) is 4.79 Å². The Hall–Kier alpha value is -0.840. The van der Waals surface area contributed by atoms with E-state index in [1.807, 2.05) is 11.8 Å². The minimum atomic E-state index is 0.0851. The molecular weight excluding hydrogens is 176 g/mol. The molecule has 2 rings (SSSR count). The molecule has 1 fully saturated rings. The quantitative estimate of drug-likeness (QED) is 0.644. The Labute approximate surface area is 73.7 Å². The Morgan fingerprint density at radius 2 is 2.50 bits per heavy atom. The molecule has 1 atom stereocenters. The van der Waals surface area contributed by atoms with Crippen LogP contribution < -0.4 is 0 Å². The smallest absolute Gasteiger partial charge is 0.280 e. The Morgan fingerprint density at radius 1 is 1.58 bits per heavy atom. The van der Waals surface area contributed by atoms with Gasteiger partial charge in [0, 0.05) is 11.7 Å². The summed E-state index contributed by atoms with van der Waals surface area (Å²) in [5.74, 6) is 3.23. The minimum absolute atomic E-state index is 0.0851. The third-order valence-electron chi connectivity index (χ3n) is 1.84. The standard InChI is InChI=1S/C7H8N2O2S/c10-3-6-8-9-7(11-6)5-1-2-12-4-5/h3,5H,1-2,4H2. The van der Waals surface area contributed by atoms with Gasteiger partial charge in [-0.1, -0.05) is 0 Å². The van der Waals surface area contributed by atoms with Gasteiger partial charge in [0.25, 0.3) is 5.89 Å². The average Bonchev–Trinajstić information content (AvgIpc) is 2.75. The molecule has 0 amide bonds. The van der Waals surface area contributed by atoms with E-state index in [0.717, 1.165) is 17.9 Å². The van der Waals surface area contributed by atoms with Crippen molar-refractivity contribution in [1.29, 1.82) is 0 Å². The van der Waals surface area contributed by atoms with Crippen molar-refractivity contribution in [1.82, 2.24) is 10.2 Å². The summed E-state index contributed by atoms with van der Waals surface area (Å²) >= 11 is 1.88. The number of hydrogen-bond acceptors (Lipinski definition) is 5. The first kappa shape index (κ1) is 7.79. The zero-order valence-corrected chi connectivity index (χ0v) is 7.21. The molecule has 0 radical (unpaired) electrons. The van der Waals surface area contributed by atoms with Gasteiger partial charge < -0.3 is 4.42 Å². The highest BCUT2D eigenvalue weighted by atomic mass is 32.2. The van der Waals surface area contributed by atoms with Crippen LogP contribution in [0.4, 0.5) is 0 Å². The summed E-state index contributed by atoms with van der Waals surface area (Å²) in [6.45, 7) is 0. The summed E-state index contributed by atoms with van der Waals surface area (Å²) in [4.78, 5) is 10.2. The van der Waals surface area contributed by atoms with Gasteiger partial charge in [0.1, 0.15) is 0 Å². The van der Waals surface area contributed by atoms with Gasteiger partial charge in [-0.05, 0) is 12.2 Å². The van der Waals surface area contributed by atoms with Gasteiger partial charge in [0.2, 0.25) is 12.2 Å². The average molecular weight is 184 g/mol. The molecule has 1 aliphatic rings. The second-order valence-electron chi connectivity index (χ2n) is 2.66. The van der Waals surface area contributed by atoms with E-state index in [1.54, 1.807) is 0 Å². The van der Waals surface area contributed by atoms with E-state index < -0.39 is 0 Å². The fourth-order valence-corrected chi connectivity index (χ4v) is 2.40. The van der Waals surface area contributed by atoms with Crippen LogP contribution in [0.1, 0.15) is 28.9 Å². The molecule has 1 unspecified atom stereocenters. The highest BCUT2D eigenvalue weighted by Gasteiger charge is 2.22. The zero-order chi connectivity index (χ0) is 8.39. The van der Waals surface area contributed by atoms with Crippen molar-refractivity contribution >= 4 is 18.0 Å². The van der Waals surface area contributed by atoms with Gasteiger partial charge in [0.15, 0.2) is 0 Å². The summed E-state index contributed by atoms with van der Waals surface area (Å²) in [6.07, 6.45) is 1.66. The maximum absolute atomic E-state index is 10.2. The van der Waals surface area contributed by atoms with Crippen LogP contribution >= 0.6 is 11.8 Å². The molecular formula is C7H8N2O2S. The number of aldehydes is 1. The lowest BCUT2D eigenvalue weighted by Crippen LogP contribution is -1.95. The van der Waals surface area contributed by atoms with Crippen molar-refractivity contribution in [2.75, 3.05) is 11.5 Å². The predicted molar refractivity (Wildman–Crippen MR) is 44.4 cm³/mol. The summed E-state index contributed by atoms with van der Waals surface area (Å²) in [7, 11) is 0. The largest absolute Gasteiger partial charge is 0.418 e. The van der Waals surface area contributed by atoms with Crippen molar-refractivity contribution in [3.8, 4) is 0 Å². The Bertz CT molecular complexity index is 281. The maximum atomic E-state index is 10.2. The van der Waals surface area contributed by atoms with E-state index in [9.17, 15) is 4.79 Å². The second-order valence-corrected chi connectivity index (χ2v) is 3.81. The number of hydrogen-bond donors (Lipinski definition) is 0. The molecule has 0 bridgehead atoms. The first-order valence-electron chi connectivity index (χ1n) is 3.76. The van der Waals surface area contributed by atoms with E-state index in [4.69, 9.17) is 4.42 Å². The summed E-state index contributed by atoms with van der Waals surface area (Å²) < 4.78 is 5.11. The van der Waals surface area contributed by atoms with Gasteiger partial charge >= 0.3 is 0 Å². The molecule has 1 aromatic heterocycles. The van der Waals surface area contributed by atoms with Gasteiger partial charge in [-0.2, -0.15) is 11.8 Å². The highest BCUT2D eigenvalue weighted by molar-refractivity contribution is 7.99. The summed E-state index contributed by atoms with van der Waals surface area (Å²) in [5, 5.41) is 7.39. The van der Waals surface area contributed by atoms with E-state index in [-0.39, 0.29) is 5.89 Å². The lowest BCUT2D eigenvalue weighted by Gasteiger charge is -1.98. The summed E-state index contributed by atoms with van der Waals surface area (Å²) in [6, 6.07) is 0. The predicted octanol–water partition coefficient (Wildman–Crippen LogP) is 1.10. The minimum Gasteiger partial charge on any atom is -0.418 e. The fourth-order valence-electron chi connectivity index (χ4n) is 1.19. The molecule has 0 saturated carbocycles. The molecule has 2 heterocycles. The topological polar surface area (TPSA) is 56.0 Å². The Morgan fingerprint density at radius 3 is 3.08 bits per heavy atom. The van der Waals surface area contributed by atoms with Crippen molar-refractivity contribution in [2.45, 2.75) is 12.3 Å². The van der Waals surface area contributed by atoms with Crippen molar-refractivity contribution in [3.05, 3.63) is 11.8 Å². The van der Waals surface area contributed by atoms with Gasteiger partial charge in [-0.25, -0.2) is 0 Å². The SMILES string of the molecule is O=Cc1nnc(C2CCSC2)o1. The molecule has 0 aliphatic carbocycles. The van der Waals surface area contributed by atoms with E-state index in [1.165, 1.54) is 0 Å². The van der Waals surface area contributed by atoms with Gasteiger partial charge in [0.05, 0.1) is 0 Å². The normalized spacial score (nSPS) is 22.8. The number of aromatic nitrogens is 2. The number of thioether (sulfide) groups is 1. The maximum Gasteiger partial charge on any atom is 0.280 e.